The Hall–Kier alpha value is -4.97. The number of nitrogens with zero attached hydrogens (tertiary/aromatic N) is 2. The van der Waals surface area contributed by atoms with E-state index in [1.807, 2.05) is 49.2 Å². The van der Waals surface area contributed by atoms with Crippen LogP contribution >= 0.6 is 0 Å². The van der Waals surface area contributed by atoms with Crippen molar-refractivity contribution in [2.24, 2.45) is 5.92 Å². The number of carbonyl (C=O) groups excluding carboxylic acids is 2. The maximum absolute atomic E-state index is 12.8. The van der Waals surface area contributed by atoms with Crippen molar-refractivity contribution in [3.05, 3.63) is 71.4 Å². The van der Waals surface area contributed by atoms with Crippen LogP contribution in [-0.2, 0) is 21.0 Å². The monoisotopic (exact) mass is 676 g/mol. The lowest BCUT2D eigenvalue weighted by atomic mass is 9.91. The number of aliphatic carboxylic acids is 2. The summed E-state index contributed by atoms with van der Waals surface area (Å²) in [6.07, 6.45) is -9.61. The second-order valence-electron chi connectivity index (χ2n) is 10.1. The fourth-order valence-electron chi connectivity index (χ4n) is 4.29. The fourth-order valence-corrected chi connectivity index (χ4v) is 4.29. The number of likely N-dealkylation sites (N-methyl/N-ethyl adjacent to an activating group) is 1. The summed E-state index contributed by atoms with van der Waals surface area (Å²) in [5, 5.41) is 27.3. The zero-order chi connectivity index (χ0) is 35.5. The zero-order valence-corrected chi connectivity index (χ0v) is 24.7. The predicted molar refractivity (Wildman–Crippen MR) is 151 cm³/mol. The molecule has 18 heteroatoms. The quantitative estimate of drug-likeness (QED) is 0.146. The topological polar surface area (TPSA) is 178 Å². The number of fused-ring (bicyclic) bond motifs is 1. The number of halogens is 6. The molecule has 3 aromatic rings. The Balaban J connectivity index is 0.000000459. The van der Waals surface area contributed by atoms with Crippen LogP contribution in [0.2, 0.25) is 0 Å². The minimum atomic E-state index is -5.08. The number of pyridine rings is 1. The van der Waals surface area contributed by atoms with Gasteiger partial charge in [0.2, 0.25) is 5.91 Å². The number of carbonyl (C=O) groups is 4. The number of para-hydroxylation sites is 1. The Labute approximate surface area is 262 Å². The Morgan fingerprint density at radius 3 is 2.04 bits per heavy atom. The molecular formula is C29H30F6N4O8. The van der Waals surface area contributed by atoms with Crippen LogP contribution < -0.4 is 15.5 Å². The van der Waals surface area contributed by atoms with Crippen LogP contribution in [0.25, 0.3) is 10.9 Å². The minimum absolute atomic E-state index is 0.270. The van der Waals surface area contributed by atoms with Crippen molar-refractivity contribution in [3.63, 3.8) is 0 Å². The molecule has 2 amide bonds. The lowest BCUT2D eigenvalue weighted by molar-refractivity contribution is -0.193. The number of hydrogen-bond acceptors (Lipinski definition) is 8. The molecule has 2 aromatic carbocycles. The van der Waals surface area contributed by atoms with E-state index in [4.69, 9.17) is 29.7 Å². The van der Waals surface area contributed by atoms with Gasteiger partial charge in [0.25, 0.3) is 5.91 Å². The zero-order valence-electron chi connectivity index (χ0n) is 24.7. The second-order valence-corrected chi connectivity index (χ2v) is 10.1. The summed E-state index contributed by atoms with van der Waals surface area (Å²) in [5.41, 5.74) is 5.11. The van der Waals surface area contributed by atoms with Crippen LogP contribution in [0.15, 0.2) is 54.6 Å². The average molecular weight is 677 g/mol. The lowest BCUT2D eigenvalue weighted by Gasteiger charge is -2.35. The van der Waals surface area contributed by atoms with E-state index in [2.05, 4.69) is 10.3 Å². The molecule has 5 N–H and O–H groups in total. The van der Waals surface area contributed by atoms with Gasteiger partial charge in [-0.1, -0.05) is 18.2 Å². The van der Waals surface area contributed by atoms with Crippen molar-refractivity contribution < 1.29 is 65.7 Å². The molecule has 0 spiro atoms. The van der Waals surface area contributed by atoms with Crippen LogP contribution in [0.1, 0.15) is 28.0 Å². The number of amides is 2. The van der Waals surface area contributed by atoms with Gasteiger partial charge in [-0.05, 0) is 63.3 Å². The first-order valence-corrected chi connectivity index (χ1v) is 13.4. The summed E-state index contributed by atoms with van der Waals surface area (Å²) in [6.45, 7) is 3.61. The van der Waals surface area contributed by atoms with Crippen LogP contribution in [-0.4, -0.2) is 87.6 Å². The summed E-state index contributed by atoms with van der Waals surface area (Å²) in [6, 6.07) is 16.5. The molecule has 1 aromatic heterocycles. The summed E-state index contributed by atoms with van der Waals surface area (Å²) < 4.78 is 69.4. The summed E-state index contributed by atoms with van der Waals surface area (Å²) >= 11 is 0. The Morgan fingerprint density at radius 1 is 0.957 bits per heavy atom. The van der Waals surface area contributed by atoms with Gasteiger partial charge in [-0.2, -0.15) is 26.3 Å². The first kappa shape index (κ1) is 38.2. The SMILES string of the molecule is Cc1cc(COc2ccc(C(=O)N[C@H]3CN(C)CC[C@@H]3C(=O)NO)cc2)c2ccccc2n1.O=C(O)C(F)(F)F.O=C(O)C(F)(F)F. The van der Waals surface area contributed by atoms with Gasteiger partial charge in [0.1, 0.15) is 12.4 Å². The third kappa shape index (κ3) is 12.0. The summed E-state index contributed by atoms with van der Waals surface area (Å²) in [7, 11) is 1.94. The number of rotatable bonds is 6. The number of alkyl halides is 6. The van der Waals surface area contributed by atoms with E-state index in [1.165, 1.54) is 0 Å². The molecule has 1 fully saturated rings. The smallest absolute Gasteiger partial charge is 0.489 e. The molecule has 0 aliphatic carbocycles. The first-order chi connectivity index (χ1) is 21.8. The van der Waals surface area contributed by atoms with Gasteiger partial charge in [-0.25, -0.2) is 15.1 Å². The Bertz CT molecular complexity index is 1530. The molecule has 0 saturated carbocycles. The van der Waals surface area contributed by atoms with E-state index in [0.717, 1.165) is 28.7 Å². The minimum Gasteiger partial charge on any atom is -0.489 e. The van der Waals surface area contributed by atoms with E-state index in [-0.39, 0.29) is 11.9 Å². The second kappa shape index (κ2) is 16.5. The maximum atomic E-state index is 12.8. The Morgan fingerprint density at radius 2 is 1.51 bits per heavy atom. The number of aromatic nitrogens is 1. The molecule has 47 heavy (non-hydrogen) atoms. The number of hydrogen-bond donors (Lipinski definition) is 5. The normalized spacial score (nSPS) is 16.4. The van der Waals surface area contributed by atoms with Crippen LogP contribution in [0.5, 0.6) is 5.75 Å². The number of ether oxygens (including phenoxy) is 1. The highest BCUT2D eigenvalue weighted by atomic mass is 19.4. The highest BCUT2D eigenvalue weighted by molar-refractivity contribution is 5.95. The van der Waals surface area contributed by atoms with E-state index in [0.29, 0.717) is 30.9 Å². The molecule has 1 aliphatic heterocycles. The van der Waals surface area contributed by atoms with Crippen molar-refractivity contribution >= 4 is 34.7 Å². The molecule has 2 heterocycles. The van der Waals surface area contributed by atoms with E-state index in [1.54, 1.807) is 29.7 Å². The number of benzene rings is 2. The highest BCUT2D eigenvalue weighted by Gasteiger charge is 2.39. The summed E-state index contributed by atoms with van der Waals surface area (Å²) in [5.74, 6) is -6.08. The molecule has 12 nitrogen and oxygen atoms in total. The molecule has 0 unspecified atom stereocenters. The van der Waals surface area contributed by atoms with Crippen molar-refractivity contribution in [2.45, 2.75) is 38.3 Å². The van der Waals surface area contributed by atoms with E-state index in [9.17, 15) is 35.9 Å². The van der Waals surface area contributed by atoms with Crippen molar-refractivity contribution in [2.75, 3.05) is 20.1 Å². The molecule has 256 valence electrons. The number of hydroxylamine groups is 1. The van der Waals surface area contributed by atoms with Crippen molar-refractivity contribution in [3.8, 4) is 5.75 Å². The van der Waals surface area contributed by atoms with Gasteiger partial charge < -0.3 is 25.2 Å². The third-order valence-corrected chi connectivity index (χ3v) is 6.51. The number of nitrogens with one attached hydrogen (secondary N) is 2. The van der Waals surface area contributed by atoms with E-state index >= 15 is 0 Å². The molecule has 1 aliphatic rings. The first-order valence-electron chi connectivity index (χ1n) is 13.4. The van der Waals surface area contributed by atoms with Crippen molar-refractivity contribution in [1.29, 1.82) is 0 Å². The number of carboxylic acids is 2. The standard InChI is InChI=1S/C25H28N4O4.2C2HF3O2/c1-16-13-18(20-5-3-4-6-22(20)26-16)15-33-19-9-7-17(8-10-19)24(30)27-23-14-29(2)12-11-21(23)25(31)28-32;2*3-2(4,5)1(6)7/h3-10,13,21,23,32H,11-12,14-15H2,1-2H3,(H,27,30)(H,28,31);2*(H,6,7)/t21-,23-;;/m0../s1. The summed E-state index contributed by atoms with van der Waals surface area (Å²) in [4.78, 5) is 49.2. The molecule has 0 radical (unpaired) electrons. The largest absolute Gasteiger partial charge is 0.490 e. The fraction of sp³-hybridized carbons (Fsp3) is 0.345. The average Bonchev–Trinajstić information content (AvgIpc) is 2.99. The Kier molecular flexibility index (Phi) is 13.5. The van der Waals surface area contributed by atoms with Crippen LogP contribution in [0.3, 0.4) is 0 Å². The highest BCUT2D eigenvalue weighted by Crippen LogP contribution is 2.22. The molecule has 2 atom stereocenters. The van der Waals surface area contributed by atoms with Gasteiger partial charge in [-0.15, -0.1) is 0 Å². The molecule has 1 saturated heterocycles. The third-order valence-electron chi connectivity index (χ3n) is 6.51. The number of likely N-dealkylation sites (tertiary alicyclic amines) is 1. The van der Waals surface area contributed by atoms with Crippen LogP contribution in [0.4, 0.5) is 26.3 Å². The predicted octanol–water partition coefficient (Wildman–Crippen LogP) is 3.94. The van der Waals surface area contributed by atoms with Gasteiger partial charge in [0.15, 0.2) is 0 Å². The molecular weight excluding hydrogens is 646 g/mol. The number of carboxylic acid groups (broad SMARTS) is 2. The van der Waals surface area contributed by atoms with Gasteiger partial charge in [-0.3, -0.25) is 19.8 Å². The molecule has 0 bridgehead atoms. The lowest BCUT2D eigenvalue weighted by Crippen LogP contribution is -2.55. The molecule has 4 rings (SSSR count). The van der Waals surface area contributed by atoms with Crippen LogP contribution in [0, 0.1) is 12.8 Å². The van der Waals surface area contributed by atoms with Crippen molar-refractivity contribution in [1.82, 2.24) is 20.7 Å². The van der Waals surface area contributed by atoms with Gasteiger partial charge in [0.05, 0.1) is 17.5 Å². The number of piperidine rings is 1. The van der Waals surface area contributed by atoms with E-state index < -0.39 is 36.1 Å². The van der Waals surface area contributed by atoms with Gasteiger partial charge in [0, 0.05) is 28.8 Å². The maximum Gasteiger partial charge on any atom is 0.490 e. The number of aryl methyl sites for hydroxylation is 1. The van der Waals surface area contributed by atoms with Gasteiger partial charge >= 0.3 is 24.3 Å².